The summed E-state index contributed by atoms with van der Waals surface area (Å²) >= 11 is 0. The predicted octanol–water partition coefficient (Wildman–Crippen LogP) is 5.58. The van der Waals surface area contributed by atoms with Crippen LogP contribution in [0, 0.1) is 23.7 Å². The average molecular weight is 463 g/mol. The summed E-state index contributed by atoms with van der Waals surface area (Å²) in [6.07, 6.45) is 9.72. The van der Waals surface area contributed by atoms with Crippen molar-refractivity contribution in [1.29, 1.82) is 0 Å². The number of unbranched alkanes of at least 4 members (excludes halogenated alkanes) is 4. The van der Waals surface area contributed by atoms with Crippen molar-refractivity contribution in [2.75, 3.05) is 6.61 Å². The molecule has 0 aromatic carbocycles. The molecule has 3 heterocycles. The van der Waals surface area contributed by atoms with Gasteiger partial charge >= 0.3 is 5.97 Å². The van der Waals surface area contributed by atoms with Crippen LogP contribution in [0.3, 0.4) is 0 Å². The topological polar surface area (TPSA) is 65.0 Å². The highest BCUT2D eigenvalue weighted by molar-refractivity contribution is 5.69. The van der Waals surface area contributed by atoms with Gasteiger partial charge in [-0.15, -0.1) is 0 Å². The minimum atomic E-state index is -1.12. The molecule has 3 aliphatic heterocycles. The summed E-state index contributed by atoms with van der Waals surface area (Å²) in [5, 5.41) is 11.9. The molecule has 0 radical (unpaired) electrons. The zero-order chi connectivity index (χ0) is 23.8. The number of hydrogen-bond acceptors (Lipinski definition) is 5. The van der Waals surface area contributed by atoms with Crippen LogP contribution in [0.4, 0.5) is 0 Å². The largest absolute Gasteiger partial charge is 0.459 e. The Hall–Kier alpha value is -0.910. The van der Waals surface area contributed by atoms with Crippen LogP contribution >= 0.6 is 0 Å². The van der Waals surface area contributed by atoms with Gasteiger partial charge in [0, 0.05) is 12.3 Å². The van der Waals surface area contributed by atoms with E-state index in [1.165, 1.54) is 18.4 Å². The number of fused-ring (bicyclic) bond motifs is 2. The van der Waals surface area contributed by atoms with Gasteiger partial charge in [0.15, 0.2) is 0 Å². The van der Waals surface area contributed by atoms with Crippen molar-refractivity contribution in [1.82, 2.24) is 0 Å². The van der Waals surface area contributed by atoms with Crippen molar-refractivity contribution < 1.29 is 24.1 Å². The molecule has 1 N–H and O–H groups in total. The van der Waals surface area contributed by atoms with Gasteiger partial charge in [0.05, 0.1) is 24.4 Å². The maximum Gasteiger partial charge on any atom is 0.306 e. The highest BCUT2D eigenvalue weighted by atomic mass is 16.6. The van der Waals surface area contributed by atoms with E-state index in [0.29, 0.717) is 31.3 Å². The van der Waals surface area contributed by atoms with E-state index in [2.05, 4.69) is 27.4 Å². The van der Waals surface area contributed by atoms with Crippen LogP contribution in [0.25, 0.3) is 0 Å². The van der Waals surface area contributed by atoms with Crippen molar-refractivity contribution in [2.45, 2.75) is 128 Å². The molecular formula is C28H46O5. The molecule has 0 amide bonds. The van der Waals surface area contributed by atoms with Crippen LogP contribution in [-0.4, -0.2) is 47.2 Å². The second-order valence-electron chi connectivity index (χ2n) is 11.9. The summed E-state index contributed by atoms with van der Waals surface area (Å²) in [5.74, 6) is 0.598. The van der Waals surface area contributed by atoms with Crippen LogP contribution in [-0.2, 0) is 19.0 Å². The van der Waals surface area contributed by atoms with Crippen LogP contribution in [0.1, 0.15) is 98.3 Å². The number of rotatable bonds is 7. The number of esters is 1. The Morgan fingerprint density at radius 3 is 2.76 bits per heavy atom. The summed E-state index contributed by atoms with van der Waals surface area (Å²) in [6.45, 7) is 13.5. The first-order valence-corrected chi connectivity index (χ1v) is 13.5. The molecule has 188 valence electrons. The van der Waals surface area contributed by atoms with Gasteiger partial charge in [-0.1, -0.05) is 51.7 Å². The summed E-state index contributed by atoms with van der Waals surface area (Å²) in [4.78, 5) is 12.8. The normalized spacial score (nSPS) is 45.0. The van der Waals surface area contributed by atoms with Gasteiger partial charge in [-0.3, -0.25) is 4.79 Å². The zero-order valence-corrected chi connectivity index (χ0v) is 21.3. The van der Waals surface area contributed by atoms with Crippen molar-refractivity contribution in [3.05, 3.63) is 12.2 Å². The van der Waals surface area contributed by atoms with E-state index in [1.807, 2.05) is 6.92 Å². The van der Waals surface area contributed by atoms with E-state index >= 15 is 0 Å². The molecular weight excluding hydrogens is 416 g/mol. The van der Waals surface area contributed by atoms with Crippen molar-refractivity contribution in [2.24, 2.45) is 23.7 Å². The molecule has 3 saturated heterocycles. The van der Waals surface area contributed by atoms with Crippen molar-refractivity contribution in [3.8, 4) is 0 Å². The van der Waals surface area contributed by atoms with Crippen LogP contribution in [0.15, 0.2) is 12.2 Å². The summed E-state index contributed by atoms with van der Waals surface area (Å²) in [6, 6.07) is 0. The number of ether oxygens (including phenoxy) is 3. The average Bonchev–Trinajstić information content (AvgIpc) is 3.12. The highest BCUT2D eigenvalue weighted by Gasteiger charge is 2.66. The monoisotopic (exact) mass is 462 g/mol. The second kappa shape index (κ2) is 9.99. The molecule has 0 aromatic heterocycles. The molecule has 4 rings (SSSR count). The number of aliphatic hydroxyl groups is 1. The lowest BCUT2D eigenvalue weighted by Crippen LogP contribution is -2.60. The smallest absolute Gasteiger partial charge is 0.306 e. The second-order valence-corrected chi connectivity index (χ2v) is 11.9. The van der Waals surface area contributed by atoms with Crippen molar-refractivity contribution in [3.63, 3.8) is 0 Å². The zero-order valence-electron chi connectivity index (χ0n) is 21.3. The molecule has 1 aliphatic carbocycles. The Bertz CT molecular complexity index is 717. The lowest BCUT2D eigenvalue weighted by molar-refractivity contribution is -0.195. The van der Waals surface area contributed by atoms with Crippen LogP contribution in [0.2, 0.25) is 0 Å². The van der Waals surface area contributed by atoms with Crippen LogP contribution in [0.5, 0.6) is 0 Å². The quantitative estimate of drug-likeness (QED) is 0.304. The summed E-state index contributed by atoms with van der Waals surface area (Å²) < 4.78 is 19.4. The van der Waals surface area contributed by atoms with Crippen molar-refractivity contribution >= 4 is 5.97 Å². The number of hydrogen-bond donors (Lipinski definition) is 1. The number of carbonyl (C=O) groups excluding carboxylic acids is 1. The molecule has 2 bridgehead atoms. The van der Waals surface area contributed by atoms with E-state index in [-0.39, 0.29) is 35.6 Å². The maximum absolute atomic E-state index is 12.8. The highest BCUT2D eigenvalue weighted by Crippen LogP contribution is 2.59. The molecule has 4 aliphatic rings. The fraction of sp³-hybridized carbons (Fsp3) is 0.893. The third kappa shape index (κ3) is 4.92. The molecule has 4 fully saturated rings. The van der Waals surface area contributed by atoms with E-state index in [0.717, 1.165) is 44.9 Å². The lowest BCUT2D eigenvalue weighted by Gasteiger charge is -2.51. The minimum absolute atomic E-state index is 0.0324. The van der Waals surface area contributed by atoms with E-state index in [9.17, 15) is 9.90 Å². The van der Waals surface area contributed by atoms with Gasteiger partial charge < -0.3 is 19.3 Å². The maximum atomic E-state index is 12.8. The fourth-order valence-electron chi connectivity index (χ4n) is 7.33. The van der Waals surface area contributed by atoms with E-state index < -0.39 is 11.7 Å². The van der Waals surface area contributed by atoms with Gasteiger partial charge in [-0.25, -0.2) is 0 Å². The Morgan fingerprint density at radius 2 is 2.00 bits per heavy atom. The van der Waals surface area contributed by atoms with Gasteiger partial charge in [0.2, 0.25) is 0 Å². The lowest BCUT2D eigenvalue weighted by atomic mass is 9.57. The van der Waals surface area contributed by atoms with E-state index in [4.69, 9.17) is 14.2 Å². The standard InChI is InChI=1S/C28H46O5/c1-6-7-8-9-10-13-23(29)33-22-16-20-19(3)17-31-27(4)14-11-12-18(2)15-21-25(28(22,5)30)24(20)26(27)32-21/h19-22,24-26,30H,2,6-17H2,1,3-5H3/t19-,20-,21-,22-,24-,25-,26-,27-,28-/m0/s1. The molecule has 9 atom stereocenters. The van der Waals surface area contributed by atoms with Gasteiger partial charge in [-0.05, 0) is 70.1 Å². The van der Waals surface area contributed by atoms with Crippen LogP contribution < -0.4 is 0 Å². The van der Waals surface area contributed by atoms with Gasteiger partial charge in [0.25, 0.3) is 0 Å². The Morgan fingerprint density at radius 1 is 1.24 bits per heavy atom. The first-order chi connectivity index (χ1) is 15.7. The predicted molar refractivity (Wildman–Crippen MR) is 129 cm³/mol. The molecule has 5 heteroatoms. The van der Waals surface area contributed by atoms with Gasteiger partial charge in [0.1, 0.15) is 11.7 Å². The summed E-state index contributed by atoms with van der Waals surface area (Å²) in [7, 11) is 0. The molecule has 5 nitrogen and oxygen atoms in total. The molecule has 1 saturated carbocycles. The fourth-order valence-corrected chi connectivity index (χ4v) is 7.33. The molecule has 0 spiro atoms. The first kappa shape index (κ1) is 25.2. The number of carbonyl (C=O) groups is 1. The Kier molecular flexibility index (Phi) is 7.62. The first-order valence-electron chi connectivity index (χ1n) is 13.5. The Balaban J connectivity index is 1.56. The third-order valence-electron chi connectivity index (χ3n) is 9.25. The SMILES string of the molecule is C=C1CCC[C@]2(C)OC[C@H](C)[C@@H]3C[C@H](OC(=O)CCCCCCC)[C@](C)(O)[C@@H]4[C@H]3[C@@H]2O[C@H]4C1. The molecule has 0 unspecified atom stereocenters. The minimum Gasteiger partial charge on any atom is -0.459 e. The molecule has 0 aromatic rings. The Labute approximate surface area is 200 Å². The summed E-state index contributed by atoms with van der Waals surface area (Å²) in [5.41, 5.74) is -0.277. The molecule has 33 heavy (non-hydrogen) atoms. The van der Waals surface area contributed by atoms with Gasteiger partial charge in [-0.2, -0.15) is 0 Å². The third-order valence-corrected chi connectivity index (χ3v) is 9.25. The van der Waals surface area contributed by atoms with E-state index in [1.54, 1.807) is 0 Å².